The van der Waals surface area contributed by atoms with Gasteiger partial charge in [-0.3, -0.25) is 14.9 Å². The van der Waals surface area contributed by atoms with E-state index in [0.29, 0.717) is 5.56 Å². The molecule has 0 heterocycles. The van der Waals surface area contributed by atoms with Gasteiger partial charge in [-0.2, -0.15) is 0 Å². The van der Waals surface area contributed by atoms with Crippen molar-refractivity contribution < 1.29 is 24.9 Å². The lowest BCUT2D eigenvalue weighted by molar-refractivity contribution is -0.147. The molecule has 17 heavy (non-hydrogen) atoms. The SMILES string of the molecule is O=C(O)C[C@H](NC(O)c1ccccc1)C(=O)O. The first-order chi connectivity index (χ1) is 8.00. The second kappa shape index (κ2) is 5.97. The number of aliphatic hydroxyl groups excluding tert-OH is 1. The number of carboxylic acid groups (broad SMARTS) is 2. The second-order valence-electron chi connectivity index (χ2n) is 3.47. The Morgan fingerprint density at radius 2 is 1.76 bits per heavy atom. The van der Waals surface area contributed by atoms with E-state index < -0.39 is 30.6 Å². The van der Waals surface area contributed by atoms with Crippen molar-refractivity contribution in [1.82, 2.24) is 5.32 Å². The molecule has 4 N–H and O–H groups in total. The number of aliphatic carboxylic acids is 2. The van der Waals surface area contributed by atoms with Crippen LogP contribution in [0.25, 0.3) is 0 Å². The zero-order chi connectivity index (χ0) is 12.8. The fourth-order valence-electron chi connectivity index (χ4n) is 1.31. The van der Waals surface area contributed by atoms with Gasteiger partial charge >= 0.3 is 11.9 Å². The molecule has 2 atom stereocenters. The molecular weight excluding hydrogens is 226 g/mol. The molecule has 92 valence electrons. The van der Waals surface area contributed by atoms with Crippen LogP contribution < -0.4 is 5.32 Å². The summed E-state index contributed by atoms with van der Waals surface area (Å²) in [7, 11) is 0. The molecule has 0 radical (unpaired) electrons. The molecule has 0 saturated carbocycles. The predicted molar refractivity (Wildman–Crippen MR) is 58.2 cm³/mol. The summed E-state index contributed by atoms with van der Waals surface area (Å²) in [5.41, 5.74) is 0.476. The minimum Gasteiger partial charge on any atom is -0.481 e. The van der Waals surface area contributed by atoms with Crippen molar-refractivity contribution in [2.24, 2.45) is 0 Å². The molecule has 0 aliphatic heterocycles. The smallest absolute Gasteiger partial charge is 0.321 e. The predicted octanol–water partition coefficient (Wildman–Crippen LogP) is 0.195. The van der Waals surface area contributed by atoms with Crippen LogP contribution in [0, 0.1) is 0 Å². The topological polar surface area (TPSA) is 107 Å². The van der Waals surface area contributed by atoms with E-state index in [0.717, 1.165) is 0 Å². The summed E-state index contributed by atoms with van der Waals surface area (Å²) in [6, 6.07) is 7.01. The lowest BCUT2D eigenvalue weighted by Crippen LogP contribution is -2.40. The Bertz CT molecular complexity index is 392. The van der Waals surface area contributed by atoms with Crippen LogP contribution in [0.4, 0.5) is 0 Å². The van der Waals surface area contributed by atoms with Crippen molar-refractivity contribution in [2.75, 3.05) is 0 Å². The number of hydrogen-bond donors (Lipinski definition) is 4. The summed E-state index contributed by atoms with van der Waals surface area (Å²) in [5, 5.41) is 29.3. The van der Waals surface area contributed by atoms with Crippen molar-refractivity contribution in [1.29, 1.82) is 0 Å². The number of nitrogens with one attached hydrogen (secondary N) is 1. The van der Waals surface area contributed by atoms with Gasteiger partial charge in [-0.15, -0.1) is 0 Å². The van der Waals surface area contributed by atoms with E-state index in [1.54, 1.807) is 30.3 Å². The highest BCUT2D eigenvalue weighted by molar-refractivity contribution is 5.80. The number of rotatable bonds is 6. The number of benzene rings is 1. The Labute approximate surface area is 97.5 Å². The van der Waals surface area contributed by atoms with E-state index in [-0.39, 0.29) is 0 Å². The Morgan fingerprint density at radius 1 is 1.18 bits per heavy atom. The Morgan fingerprint density at radius 3 is 2.24 bits per heavy atom. The Hall–Kier alpha value is -1.92. The molecule has 1 aromatic carbocycles. The van der Waals surface area contributed by atoms with Crippen LogP contribution in [-0.4, -0.2) is 33.3 Å². The third-order valence-corrected chi connectivity index (χ3v) is 2.15. The second-order valence-corrected chi connectivity index (χ2v) is 3.47. The van der Waals surface area contributed by atoms with E-state index >= 15 is 0 Å². The average Bonchev–Trinajstić information content (AvgIpc) is 2.28. The van der Waals surface area contributed by atoms with Crippen molar-refractivity contribution in [3.63, 3.8) is 0 Å². The fraction of sp³-hybridized carbons (Fsp3) is 0.273. The maximum Gasteiger partial charge on any atom is 0.321 e. The zero-order valence-electron chi connectivity index (χ0n) is 8.91. The maximum absolute atomic E-state index is 10.8. The van der Waals surface area contributed by atoms with Gasteiger partial charge in [0.15, 0.2) is 0 Å². The van der Waals surface area contributed by atoms with Gasteiger partial charge in [-0.05, 0) is 5.56 Å². The van der Waals surface area contributed by atoms with Crippen molar-refractivity contribution in [3.05, 3.63) is 35.9 Å². The van der Waals surface area contributed by atoms with Gasteiger partial charge in [-0.1, -0.05) is 30.3 Å². The van der Waals surface area contributed by atoms with Gasteiger partial charge in [-0.25, -0.2) is 0 Å². The van der Waals surface area contributed by atoms with E-state index in [2.05, 4.69) is 5.32 Å². The third kappa shape index (κ3) is 4.21. The van der Waals surface area contributed by atoms with E-state index in [1.165, 1.54) is 0 Å². The molecule has 0 aliphatic rings. The van der Waals surface area contributed by atoms with Crippen LogP contribution in [0.1, 0.15) is 18.2 Å². The van der Waals surface area contributed by atoms with Crippen molar-refractivity contribution >= 4 is 11.9 Å². The molecular formula is C11H13NO5. The summed E-state index contributed by atoms with van der Waals surface area (Å²) >= 11 is 0. The summed E-state index contributed by atoms with van der Waals surface area (Å²) in [5.74, 6) is -2.56. The fourth-order valence-corrected chi connectivity index (χ4v) is 1.31. The molecule has 0 aliphatic carbocycles. The first kappa shape index (κ1) is 13.1. The lowest BCUT2D eigenvalue weighted by Gasteiger charge is -2.18. The quantitative estimate of drug-likeness (QED) is 0.528. The van der Waals surface area contributed by atoms with Gasteiger partial charge in [0.1, 0.15) is 12.3 Å². The summed E-state index contributed by atoms with van der Waals surface area (Å²) in [6.07, 6.45) is -1.81. The van der Waals surface area contributed by atoms with Gasteiger partial charge < -0.3 is 15.3 Å². The summed E-state index contributed by atoms with van der Waals surface area (Å²) in [6.45, 7) is 0. The average molecular weight is 239 g/mol. The lowest BCUT2D eigenvalue weighted by atomic mass is 10.1. The molecule has 1 aromatic rings. The summed E-state index contributed by atoms with van der Waals surface area (Å²) in [4.78, 5) is 21.2. The summed E-state index contributed by atoms with van der Waals surface area (Å²) < 4.78 is 0. The third-order valence-electron chi connectivity index (χ3n) is 2.15. The van der Waals surface area contributed by atoms with E-state index in [1.807, 2.05) is 0 Å². The molecule has 0 spiro atoms. The van der Waals surface area contributed by atoms with Crippen molar-refractivity contribution in [2.45, 2.75) is 18.7 Å². The van der Waals surface area contributed by atoms with E-state index in [9.17, 15) is 14.7 Å². The van der Waals surface area contributed by atoms with Gasteiger partial charge in [0.25, 0.3) is 0 Å². The number of carbonyl (C=O) groups is 2. The van der Waals surface area contributed by atoms with Crippen LogP contribution in [0.3, 0.4) is 0 Å². The minimum atomic E-state index is -1.33. The zero-order valence-corrected chi connectivity index (χ0v) is 8.91. The molecule has 6 heteroatoms. The van der Waals surface area contributed by atoms with Gasteiger partial charge in [0.05, 0.1) is 6.42 Å². The minimum absolute atomic E-state index is 0.476. The Balaban J connectivity index is 2.67. The maximum atomic E-state index is 10.8. The highest BCUT2D eigenvalue weighted by atomic mass is 16.4. The Kier molecular flexibility index (Phi) is 4.62. The number of carboxylic acids is 2. The van der Waals surface area contributed by atoms with Crippen LogP contribution in [0.2, 0.25) is 0 Å². The van der Waals surface area contributed by atoms with Crippen LogP contribution in [-0.2, 0) is 9.59 Å². The van der Waals surface area contributed by atoms with Crippen LogP contribution >= 0.6 is 0 Å². The normalized spacial score (nSPS) is 13.9. The van der Waals surface area contributed by atoms with Gasteiger partial charge in [0.2, 0.25) is 0 Å². The molecule has 0 amide bonds. The molecule has 6 nitrogen and oxygen atoms in total. The number of aliphatic hydroxyl groups is 1. The van der Waals surface area contributed by atoms with Crippen LogP contribution in [0.15, 0.2) is 30.3 Å². The molecule has 0 bridgehead atoms. The molecule has 0 fully saturated rings. The van der Waals surface area contributed by atoms with Crippen LogP contribution in [0.5, 0.6) is 0 Å². The molecule has 1 rings (SSSR count). The monoisotopic (exact) mass is 239 g/mol. The van der Waals surface area contributed by atoms with Crippen molar-refractivity contribution in [3.8, 4) is 0 Å². The first-order valence-electron chi connectivity index (χ1n) is 4.94. The molecule has 0 saturated heterocycles. The molecule has 0 aromatic heterocycles. The molecule has 1 unspecified atom stereocenters. The highest BCUT2D eigenvalue weighted by Gasteiger charge is 2.23. The first-order valence-corrected chi connectivity index (χ1v) is 4.94. The standard InChI is InChI=1S/C11H13NO5/c13-9(14)6-8(11(16)17)12-10(15)7-4-2-1-3-5-7/h1-5,8,10,12,15H,6H2,(H,13,14)(H,16,17)/t8-,10?/m0/s1. The highest BCUT2D eigenvalue weighted by Crippen LogP contribution is 2.10. The number of hydrogen-bond acceptors (Lipinski definition) is 4. The largest absolute Gasteiger partial charge is 0.481 e. The van der Waals surface area contributed by atoms with Gasteiger partial charge in [0, 0.05) is 0 Å². The van der Waals surface area contributed by atoms with E-state index in [4.69, 9.17) is 10.2 Å².